The highest BCUT2D eigenvalue weighted by atomic mass is 32.2. The van der Waals surface area contributed by atoms with Crippen molar-refractivity contribution in [1.82, 2.24) is 0 Å². The summed E-state index contributed by atoms with van der Waals surface area (Å²) in [4.78, 5) is 12.8. The number of hydrogen-bond acceptors (Lipinski definition) is 9. The zero-order chi connectivity index (χ0) is 25.9. The van der Waals surface area contributed by atoms with Gasteiger partial charge in [-0.25, -0.2) is 4.79 Å². The van der Waals surface area contributed by atoms with Crippen LogP contribution in [0.1, 0.15) is 34.3 Å². The van der Waals surface area contributed by atoms with Crippen molar-refractivity contribution in [3.8, 4) is 17.6 Å². The maximum atomic E-state index is 12.8. The number of ether oxygens (including phenoxy) is 2. The molecule has 0 fully saturated rings. The van der Waals surface area contributed by atoms with Gasteiger partial charge in [0.05, 0.1) is 18.1 Å². The lowest BCUT2D eigenvalue weighted by Crippen LogP contribution is -2.21. The minimum atomic E-state index is -4.20. The Labute approximate surface area is 213 Å². The molecule has 184 valence electrons. The molecular weight excluding hydrogens is 500 g/mol. The van der Waals surface area contributed by atoms with E-state index in [9.17, 15) is 18.5 Å². The van der Waals surface area contributed by atoms with E-state index in [2.05, 4.69) is 6.07 Å². The summed E-state index contributed by atoms with van der Waals surface area (Å²) < 4.78 is 41.5. The SMILES string of the molecule is CCOC(=O)c1ccc(S(=O)(=O)Oc2ccc3c(c2)OC(N)=C(C#N)C3c2ccc(SC)cc2)cc1. The molecule has 0 aromatic heterocycles. The highest BCUT2D eigenvalue weighted by Crippen LogP contribution is 2.43. The van der Waals surface area contributed by atoms with Gasteiger partial charge in [-0.3, -0.25) is 0 Å². The van der Waals surface area contributed by atoms with Crippen LogP contribution >= 0.6 is 11.8 Å². The van der Waals surface area contributed by atoms with E-state index < -0.39 is 22.0 Å². The molecule has 0 radical (unpaired) electrons. The number of esters is 1. The van der Waals surface area contributed by atoms with Crippen molar-refractivity contribution in [2.24, 2.45) is 5.73 Å². The molecule has 10 heteroatoms. The summed E-state index contributed by atoms with van der Waals surface area (Å²) in [6.45, 7) is 1.89. The Bertz CT molecular complexity index is 1470. The summed E-state index contributed by atoms with van der Waals surface area (Å²) in [6, 6.07) is 19.7. The van der Waals surface area contributed by atoms with Gasteiger partial charge in [-0.1, -0.05) is 18.2 Å². The minimum Gasteiger partial charge on any atom is -0.462 e. The van der Waals surface area contributed by atoms with Gasteiger partial charge in [0.15, 0.2) is 0 Å². The number of nitriles is 1. The molecule has 2 N–H and O–H groups in total. The Morgan fingerprint density at radius 1 is 1.11 bits per heavy atom. The molecule has 1 unspecified atom stereocenters. The second-order valence-corrected chi connectivity index (χ2v) is 10.1. The molecule has 8 nitrogen and oxygen atoms in total. The number of carbonyl (C=O) groups is 1. The number of benzene rings is 3. The van der Waals surface area contributed by atoms with E-state index in [4.69, 9.17) is 19.4 Å². The quantitative estimate of drug-likeness (QED) is 0.269. The summed E-state index contributed by atoms with van der Waals surface area (Å²) in [5, 5.41) is 9.73. The van der Waals surface area contributed by atoms with Crippen LogP contribution in [0, 0.1) is 11.3 Å². The predicted molar refractivity (Wildman–Crippen MR) is 134 cm³/mol. The Morgan fingerprint density at radius 2 is 1.81 bits per heavy atom. The van der Waals surface area contributed by atoms with Crippen molar-refractivity contribution in [2.45, 2.75) is 22.6 Å². The zero-order valence-corrected chi connectivity index (χ0v) is 21.1. The Hall–Kier alpha value is -3.94. The maximum Gasteiger partial charge on any atom is 0.339 e. The first-order chi connectivity index (χ1) is 17.3. The van der Waals surface area contributed by atoms with Gasteiger partial charge in [-0.05, 0) is 61.2 Å². The van der Waals surface area contributed by atoms with Crippen LogP contribution in [0.5, 0.6) is 11.5 Å². The fourth-order valence-electron chi connectivity index (χ4n) is 3.77. The second kappa shape index (κ2) is 10.4. The van der Waals surface area contributed by atoms with Crippen LogP contribution in [0.4, 0.5) is 0 Å². The number of nitrogens with zero attached hydrogens (tertiary/aromatic N) is 1. The van der Waals surface area contributed by atoms with Crippen LogP contribution in [0.25, 0.3) is 0 Å². The minimum absolute atomic E-state index is 0.00732. The van der Waals surface area contributed by atoms with Crippen molar-refractivity contribution in [3.63, 3.8) is 0 Å². The first-order valence-corrected chi connectivity index (χ1v) is 13.5. The largest absolute Gasteiger partial charge is 0.462 e. The second-order valence-electron chi connectivity index (χ2n) is 7.68. The maximum absolute atomic E-state index is 12.8. The average molecular weight is 523 g/mol. The summed E-state index contributed by atoms with van der Waals surface area (Å²) >= 11 is 1.60. The molecule has 1 atom stereocenters. The van der Waals surface area contributed by atoms with E-state index >= 15 is 0 Å². The molecule has 1 aliphatic rings. The van der Waals surface area contributed by atoms with Crippen molar-refractivity contribution in [3.05, 3.63) is 94.9 Å². The molecule has 0 amide bonds. The normalized spacial score (nSPS) is 14.9. The molecule has 3 aromatic rings. The van der Waals surface area contributed by atoms with Gasteiger partial charge >= 0.3 is 16.1 Å². The number of thioether (sulfide) groups is 1. The molecule has 3 aromatic carbocycles. The molecule has 0 saturated heterocycles. The Balaban J connectivity index is 1.64. The molecule has 1 aliphatic heterocycles. The number of nitrogens with two attached hydrogens (primary N) is 1. The van der Waals surface area contributed by atoms with Gasteiger partial charge in [-0.15, -0.1) is 11.8 Å². The van der Waals surface area contributed by atoms with E-state index in [1.54, 1.807) is 24.8 Å². The smallest absolute Gasteiger partial charge is 0.339 e. The number of fused-ring (bicyclic) bond motifs is 1. The van der Waals surface area contributed by atoms with Crippen LogP contribution in [0.2, 0.25) is 0 Å². The molecule has 0 spiro atoms. The Kier molecular flexibility index (Phi) is 7.24. The van der Waals surface area contributed by atoms with Crippen molar-refractivity contribution < 1.29 is 26.9 Å². The topological polar surface area (TPSA) is 129 Å². The first-order valence-electron chi connectivity index (χ1n) is 10.8. The lowest BCUT2D eigenvalue weighted by Gasteiger charge is -2.26. The van der Waals surface area contributed by atoms with Crippen LogP contribution in [0.3, 0.4) is 0 Å². The van der Waals surface area contributed by atoms with Gasteiger partial charge < -0.3 is 19.4 Å². The number of rotatable bonds is 7. The molecule has 1 heterocycles. The fraction of sp³-hybridized carbons (Fsp3) is 0.154. The zero-order valence-electron chi connectivity index (χ0n) is 19.4. The molecular formula is C26H22N2O6S2. The highest BCUT2D eigenvalue weighted by molar-refractivity contribution is 7.98. The predicted octanol–water partition coefficient (Wildman–Crippen LogP) is 4.57. The lowest BCUT2D eigenvalue weighted by atomic mass is 9.83. The molecule has 0 saturated carbocycles. The summed E-state index contributed by atoms with van der Waals surface area (Å²) in [6.07, 6.45) is 1.97. The summed E-state index contributed by atoms with van der Waals surface area (Å²) in [5.74, 6) is -0.785. The van der Waals surface area contributed by atoms with Crippen LogP contribution in [0.15, 0.2) is 88.0 Å². The van der Waals surface area contributed by atoms with Gasteiger partial charge in [0.2, 0.25) is 5.88 Å². The first kappa shape index (κ1) is 25.2. The number of carbonyl (C=O) groups excluding carboxylic acids is 1. The third kappa shape index (κ3) is 5.03. The van der Waals surface area contributed by atoms with Crippen molar-refractivity contribution in [2.75, 3.05) is 12.9 Å². The third-order valence-electron chi connectivity index (χ3n) is 5.50. The lowest BCUT2D eigenvalue weighted by molar-refractivity contribution is 0.0526. The number of allylic oxidation sites excluding steroid dienone is 1. The van der Waals surface area contributed by atoms with Crippen molar-refractivity contribution >= 4 is 27.8 Å². The van der Waals surface area contributed by atoms with Crippen LogP contribution < -0.4 is 14.7 Å². The van der Waals surface area contributed by atoms with E-state index in [0.29, 0.717) is 5.56 Å². The van der Waals surface area contributed by atoms with E-state index in [-0.39, 0.29) is 40.0 Å². The van der Waals surface area contributed by atoms with Gasteiger partial charge in [0.25, 0.3) is 0 Å². The molecule has 0 aliphatic carbocycles. The van der Waals surface area contributed by atoms with E-state index in [0.717, 1.165) is 10.5 Å². The van der Waals surface area contributed by atoms with Gasteiger partial charge in [0, 0.05) is 16.5 Å². The Morgan fingerprint density at radius 3 is 2.42 bits per heavy atom. The van der Waals surface area contributed by atoms with Crippen LogP contribution in [-0.4, -0.2) is 27.2 Å². The fourth-order valence-corrected chi connectivity index (χ4v) is 5.10. The third-order valence-corrected chi connectivity index (χ3v) is 7.50. The van der Waals surface area contributed by atoms with Crippen molar-refractivity contribution in [1.29, 1.82) is 5.26 Å². The van der Waals surface area contributed by atoms with E-state index in [1.807, 2.05) is 30.5 Å². The summed E-state index contributed by atoms with van der Waals surface area (Å²) in [7, 11) is -4.20. The summed E-state index contributed by atoms with van der Waals surface area (Å²) in [5.41, 5.74) is 8.04. The van der Waals surface area contributed by atoms with Crippen LogP contribution in [-0.2, 0) is 14.9 Å². The van der Waals surface area contributed by atoms with Gasteiger partial charge in [0.1, 0.15) is 28.0 Å². The standard InChI is InChI=1S/C26H22N2O6S2/c1-3-32-26(29)17-6-11-20(12-7-17)36(30,31)34-18-8-13-21-23(14-18)33-25(28)22(15-27)24(21)16-4-9-19(35-2)10-5-16/h4-14,24H,3,28H2,1-2H3. The monoisotopic (exact) mass is 522 g/mol. The van der Waals surface area contributed by atoms with Gasteiger partial charge in [-0.2, -0.15) is 13.7 Å². The molecule has 0 bridgehead atoms. The molecule has 4 rings (SSSR count). The molecule has 36 heavy (non-hydrogen) atoms. The number of hydrogen-bond donors (Lipinski definition) is 1. The highest BCUT2D eigenvalue weighted by Gasteiger charge is 2.31. The average Bonchev–Trinajstić information content (AvgIpc) is 2.88. The van der Waals surface area contributed by atoms with E-state index in [1.165, 1.54) is 36.4 Å².